The Bertz CT molecular complexity index is 1050. The molecule has 2 aromatic rings. The van der Waals surface area contributed by atoms with Gasteiger partial charge >= 0.3 is 5.97 Å². The van der Waals surface area contributed by atoms with Crippen molar-refractivity contribution in [1.29, 1.82) is 0 Å². The van der Waals surface area contributed by atoms with Gasteiger partial charge in [0, 0.05) is 0 Å². The Hall–Kier alpha value is -3.32. The molecule has 0 saturated heterocycles. The quantitative estimate of drug-likeness (QED) is 0.714. The van der Waals surface area contributed by atoms with Gasteiger partial charge in [-0.1, -0.05) is 17.7 Å². The van der Waals surface area contributed by atoms with E-state index in [1.807, 2.05) is 6.92 Å². The summed E-state index contributed by atoms with van der Waals surface area (Å²) in [4.78, 5) is 24.1. The first kappa shape index (κ1) is 20.4. The van der Waals surface area contributed by atoms with Crippen LogP contribution in [0, 0.1) is 0 Å². The lowest BCUT2D eigenvalue weighted by molar-refractivity contribution is -0.114. The average Bonchev–Trinajstić information content (AvgIpc) is 2.96. The summed E-state index contributed by atoms with van der Waals surface area (Å²) in [6.45, 7) is 3.98. The number of hydrogen-bond acceptors (Lipinski definition) is 5. The molecule has 7 nitrogen and oxygen atoms in total. The molecule has 0 unspecified atom stereocenters. The van der Waals surface area contributed by atoms with Gasteiger partial charge in [-0.05, 0) is 55.8 Å². The number of hydrogen-bond donors (Lipinski definition) is 1. The second-order valence-electron chi connectivity index (χ2n) is 6.18. The van der Waals surface area contributed by atoms with Gasteiger partial charge in [0.05, 0.1) is 41.3 Å². The van der Waals surface area contributed by atoms with E-state index in [4.69, 9.17) is 26.2 Å². The van der Waals surface area contributed by atoms with Crippen molar-refractivity contribution in [3.63, 3.8) is 0 Å². The molecule has 0 fully saturated rings. The molecule has 3 rings (SSSR count). The molecule has 1 aliphatic heterocycles. The standard InChI is InChI=1S/C21H19ClN2O5/c1-4-29-18-10-13(9-17(22)19(18)28-3)8-16-12(2)23-24(20(16)25)15-7-5-6-14(11-15)21(26)27/h5-11H,4H2,1-3H3,(H,26,27). The number of hydrazone groups is 1. The lowest BCUT2D eigenvalue weighted by Gasteiger charge is -2.13. The smallest absolute Gasteiger partial charge is 0.335 e. The first-order chi connectivity index (χ1) is 13.8. The fourth-order valence-electron chi connectivity index (χ4n) is 2.93. The minimum Gasteiger partial charge on any atom is -0.491 e. The van der Waals surface area contributed by atoms with E-state index >= 15 is 0 Å². The third kappa shape index (κ3) is 4.09. The maximum atomic E-state index is 12.9. The van der Waals surface area contributed by atoms with E-state index in [-0.39, 0.29) is 11.5 Å². The molecule has 0 saturated carbocycles. The second kappa shape index (κ2) is 8.36. The van der Waals surface area contributed by atoms with Gasteiger partial charge in [0.25, 0.3) is 5.91 Å². The van der Waals surface area contributed by atoms with Gasteiger partial charge in [-0.2, -0.15) is 10.1 Å². The number of carbonyl (C=O) groups is 2. The van der Waals surface area contributed by atoms with Gasteiger partial charge in [0.15, 0.2) is 11.5 Å². The third-order valence-electron chi connectivity index (χ3n) is 4.25. The number of nitrogens with zero attached hydrogens (tertiary/aromatic N) is 2. The molecule has 2 aromatic carbocycles. The highest BCUT2D eigenvalue weighted by atomic mass is 35.5. The van der Waals surface area contributed by atoms with Crippen molar-refractivity contribution >= 4 is 41.0 Å². The summed E-state index contributed by atoms with van der Waals surface area (Å²) in [6, 6.07) is 9.45. The first-order valence-electron chi connectivity index (χ1n) is 8.81. The zero-order valence-electron chi connectivity index (χ0n) is 16.1. The van der Waals surface area contributed by atoms with Gasteiger partial charge in [0.2, 0.25) is 0 Å². The van der Waals surface area contributed by atoms with Crippen molar-refractivity contribution in [2.45, 2.75) is 13.8 Å². The minimum atomic E-state index is -1.08. The number of anilines is 1. The predicted molar refractivity (Wildman–Crippen MR) is 111 cm³/mol. The molecule has 0 bridgehead atoms. The SMILES string of the molecule is CCOc1cc(C=C2C(=O)N(c3cccc(C(=O)O)c3)N=C2C)cc(Cl)c1OC. The molecule has 0 aromatic heterocycles. The fourth-order valence-corrected chi connectivity index (χ4v) is 3.23. The van der Waals surface area contributed by atoms with Crippen LogP contribution in [0.4, 0.5) is 5.69 Å². The van der Waals surface area contributed by atoms with Crippen LogP contribution in [0.15, 0.2) is 47.1 Å². The average molecular weight is 415 g/mol. The molecular formula is C21H19ClN2O5. The second-order valence-corrected chi connectivity index (χ2v) is 6.59. The predicted octanol–water partition coefficient (Wildman–Crippen LogP) is 4.25. The number of carboxylic acid groups (broad SMARTS) is 1. The van der Waals surface area contributed by atoms with E-state index in [0.717, 1.165) is 0 Å². The maximum absolute atomic E-state index is 12.9. The van der Waals surface area contributed by atoms with E-state index in [2.05, 4.69) is 5.10 Å². The van der Waals surface area contributed by atoms with Crippen LogP contribution < -0.4 is 14.5 Å². The van der Waals surface area contributed by atoms with E-state index < -0.39 is 5.97 Å². The minimum absolute atomic E-state index is 0.0730. The van der Waals surface area contributed by atoms with Crippen molar-refractivity contribution < 1.29 is 24.2 Å². The number of methoxy groups -OCH3 is 1. The molecular weight excluding hydrogens is 396 g/mol. The number of benzene rings is 2. The Morgan fingerprint density at radius 1 is 1.31 bits per heavy atom. The monoisotopic (exact) mass is 414 g/mol. The Kier molecular flexibility index (Phi) is 5.89. The normalized spacial score (nSPS) is 14.9. The number of amides is 1. The van der Waals surface area contributed by atoms with Gasteiger partial charge in [0.1, 0.15) is 0 Å². The van der Waals surface area contributed by atoms with Crippen LogP contribution in [0.2, 0.25) is 5.02 Å². The van der Waals surface area contributed by atoms with Crippen molar-refractivity contribution in [3.8, 4) is 11.5 Å². The zero-order chi connectivity index (χ0) is 21.1. The number of aromatic carboxylic acids is 1. The Morgan fingerprint density at radius 2 is 2.07 bits per heavy atom. The summed E-state index contributed by atoms with van der Waals surface area (Å²) >= 11 is 6.28. The van der Waals surface area contributed by atoms with Gasteiger partial charge in [-0.15, -0.1) is 0 Å². The number of halogens is 1. The number of carboxylic acids is 1. The van der Waals surface area contributed by atoms with Crippen molar-refractivity contribution in [3.05, 3.63) is 58.1 Å². The molecule has 1 amide bonds. The van der Waals surface area contributed by atoms with Crippen LogP contribution in [-0.2, 0) is 4.79 Å². The Labute approximate surface area is 172 Å². The van der Waals surface area contributed by atoms with Crippen LogP contribution in [0.3, 0.4) is 0 Å². The van der Waals surface area contributed by atoms with E-state index in [0.29, 0.717) is 45.7 Å². The summed E-state index contributed by atoms with van der Waals surface area (Å²) in [5, 5.41) is 15.0. The molecule has 150 valence electrons. The third-order valence-corrected chi connectivity index (χ3v) is 4.53. The Morgan fingerprint density at radius 3 is 2.72 bits per heavy atom. The number of rotatable bonds is 6. The van der Waals surface area contributed by atoms with Crippen molar-refractivity contribution in [2.24, 2.45) is 5.10 Å². The van der Waals surface area contributed by atoms with E-state index in [1.54, 1.807) is 37.3 Å². The molecule has 1 aliphatic rings. The largest absolute Gasteiger partial charge is 0.491 e. The van der Waals surface area contributed by atoms with Gasteiger partial charge in [-0.3, -0.25) is 4.79 Å². The first-order valence-corrected chi connectivity index (χ1v) is 9.19. The topological polar surface area (TPSA) is 88.4 Å². The summed E-state index contributed by atoms with van der Waals surface area (Å²) in [7, 11) is 1.50. The van der Waals surface area contributed by atoms with Crippen molar-refractivity contribution in [1.82, 2.24) is 0 Å². The summed E-state index contributed by atoms with van der Waals surface area (Å²) in [6.07, 6.45) is 1.66. The summed E-state index contributed by atoms with van der Waals surface area (Å²) in [5.41, 5.74) is 1.97. The highest BCUT2D eigenvalue weighted by Gasteiger charge is 2.29. The number of carbonyl (C=O) groups excluding carboxylic acids is 1. The molecule has 1 N–H and O–H groups in total. The molecule has 8 heteroatoms. The van der Waals surface area contributed by atoms with Crippen molar-refractivity contribution in [2.75, 3.05) is 18.7 Å². The van der Waals surface area contributed by atoms with Crippen LogP contribution in [0.5, 0.6) is 11.5 Å². The van der Waals surface area contributed by atoms with Crippen LogP contribution >= 0.6 is 11.6 Å². The van der Waals surface area contributed by atoms with Crippen LogP contribution in [0.1, 0.15) is 29.8 Å². The van der Waals surface area contributed by atoms with Gasteiger partial charge < -0.3 is 14.6 Å². The molecule has 1 heterocycles. The summed E-state index contributed by atoms with van der Waals surface area (Å²) < 4.78 is 10.9. The Balaban J connectivity index is 1.98. The molecule has 0 aliphatic carbocycles. The number of ether oxygens (including phenoxy) is 2. The highest BCUT2D eigenvalue weighted by molar-refractivity contribution is 6.33. The lowest BCUT2D eigenvalue weighted by atomic mass is 10.1. The van der Waals surface area contributed by atoms with Crippen LogP contribution in [0.25, 0.3) is 6.08 Å². The lowest BCUT2D eigenvalue weighted by Crippen LogP contribution is -2.21. The van der Waals surface area contributed by atoms with Gasteiger partial charge in [-0.25, -0.2) is 4.79 Å². The molecule has 29 heavy (non-hydrogen) atoms. The van der Waals surface area contributed by atoms with Crippen LogP contribution in [-0.4, -0.2) is 36.4 Å². The zero-order valence-corrected chi connectivity index (χ0v) is 16.9. The molecule has 0 radical (unpaired) electrons. The molecule has 0 atom stereocenters. The maximum Gasteiger partial charge on any atom is 0.335 e. The van der Waals surface area contributed by atoms with E-state index in [1.165, 1.54) is 24.3 Å². The fraction of sp³-hybridized carbons (Fsp3) is 0.190. The summed E-state index contributed by atoms with van der Waals surface area (Å²) in [5.74, 6) is -0.549. The van der Waals surface area contributed by atoms with E-state index in [9.17, 15) is 9.59 Å². The molecule has 0 spiro atoms. The highest BCUT2D eigenvalue weighted by Crippen LogP contribution is 2.37.